The van der Waals surface area contributed by atoms with E-state index >= 15 is 0 Å². The summed E-state index contributed by atoms with van der Waals surface area (Å²) in [6, 6.07) is 9.94. The van der Waals surface area contributed by atoms with E-state index in [-0.39, 0.29) is 20.3 Å². The van der Waals surface area contributed by atoms with Gasteiger partial charge in [0.1, 0.15) is 0 Å². The molecule has 234 valence electrons. The Hall–Kier alpha value is 0.900. The molecule has 1 aromatic rings. The van der Waals surface area contributed by atoms with Crippen LogP contribution in [0.5, 0.6) is 0 Å². The number of halogens is 2. The quantitative estimate of drug-likeness (QED) is 0.205. The molecule has 0 radical (unpaired) electrons. The van der Waals surface area contributed by atoms with Crippen LogP contribution in [0.1, 0.15) is 129 Å². The first-order valence-electron chi connectivity index (χ1n) is 16.6. The number of hydrogen-bond donors (Lipinski definition) is 0. The van der Waals surface area contributed by atoms with Crippen LogP contribution in [0.15, 0.2) is 24.3 Å². The standard InChI is InChI=1S/C35H58Si.2CH3.2ClH.Zr/c1-8-12-24(2)32-23-34(31-14-10-9-13-28(31)32)36(6,7)33-22-21-29-27(15-11-16-30(29)33)25-17-19-26(20-18-25)35(3,4)5;;;;;/h17-20,24,27-34H,8-16,21-23H2,1-7H3;2*1H3;2*1H;/q;2*-1;;;+4/p-2. The predicted molar refractivity (Wildman–Crippen MR) is 185 cm³/mol. The number of benzene rings is 1. The Bertz CT molecular complexity index is 893. The second kappa shape index (κ2) is 16.5. The first kappa shape index (κ1) is 38.1. The molecule has 0 nitrogen and oxygen atoms in total. The van der Waals surface area contributed by atoms with E-state index in [0.29, 0.717) is 0 Å². The van der Waals surface area contributed by atoms with Gasteiger partial charge in [-0.15, -0.1) is 0 Å². The van der Waals surface area contributed by atoms with Crippen molar-refractivity contribution in [1.29, 1.82) is 0 Å². The molecular formula is C37H64Cl2SiZr. The minimum atomic E-state index is -1.33. The molecule has 0 N–H and O–H groups in total. The van der Waals surface area contributed by atoms with Gasteiger partial charge in [-0.3, -0.25) is 0 Å². The molecule has 41 heavy (non-hydrogen) atoms. The Balaban J connectivity index is 0.00000113. The number of hydrogen-bond acceptors (Lipinski definition) is 0. The van der Waals surface area contributed by atoms with Gasteiger partial charge in [0.25, 0.3) is 0 Å². The van der Waals surface area contributed by atoms with Crippen molar-refractivity contribution in [3.05, 3.63) is 50.2 Å². The van der Waals surface area contributed by atoms with E-state index in [2.05, 4.69) is 72.0 Å². The van der Waals surface area contributed by atoms with Crippen molar-refractivity contribution in [1.82, 2.24) is 0 Å². The van der Waals surface area contributed by atoms with E-state index in [1.807, 2.05) is 0 Å². The van der Waals surface area contributed by atoms with Crippen LogP contribution in [0.3, 0.4) is 0 Å². The van der Waals surface area contributed by atoms with E-state index in [0.717, 1.165) is 52.5 Å². The molecule has 0 saturated heterocycles. The van der Waals surface area contributed by atoms with Gasteiger partial charge in [0, 0.05) is 0 Å². The van der Waals surface area contributed by atoms with Gasteiger partial charge in [-0.2, -0.15) is 0 Å². The Kier molecular flexibility index (Phi) is 15.3. The molecule has 4 aliphatic carbocycles. The fourth-order valence-corrected chi connectivity index (χ4v) is 16.1. The zero-order chi connectivity index (χ0) is 28.4. The van der Waals surface area contributed by atoms with Gasteiger partial charge >= 0.3 is 37.9 Å². The normalized spacial score (nSPS) is 33.6. The molecule has 0 amide bonds. The van der Waals surface area contributed by atoms with Crippen LogP contribution in [-0.4, -0.2) is 8.07 Å². The SMILES string of the molecule is CCCC(C)C1CC([Si](C)(C)C2CCC3C(c4ccc(C(C)(C)C)cc4)CCCC32)C2CCCCC12.[CH3-].[CH3-].[Cl][Zr+2][Cl]. The summed E-state index contributed by atoms with van der Waals surface area (Å²) in [6.45, 7) is 17.9. The monoisotopic (exact) mass is 696 g/mol. The first-order valence-corrected chi connectivity index (χ1v) is 26.1. The van der Waals surface area contributed by atoms with Crippen molar-refractivity contribution in [2.24, 2.45) is 35.5 Å². The average molecular weight is 699 g/mol. The van der Waals surface area contributed by atoms with E-state index in [1.165, 1.54) is 50.5 Å². The molecule has 4 saturated carbocycles. The third kappa shape index (κ3) is 8.39. The van der Waals surface area contributed by atoms with E-state index in [4.69, 9.17) is 17.0 Å². The van der Waals surface area contributed by atoms with Crippen LogP contribution in [0.2, 0.25) is 24.2 Å². The Morgan fingerprint density at radius 3 is 1.95 bits per heavy atom. The Labute approximate surface area is 277 Å². The van der Waals surface area contributed by atoms with E-state index < -0.39 is 28.9 Å². The van der Waals surface area contributed by atoms with Crippen LogP contribution in [0.4, 0.5) is 0 Å². The topological polar surface area (TPSA) is 0 Å². The van der Waals surface area contributed by atoms with E-state index in [9.17, 15) is 0 Å². The van der Waals surface area contributed by atoms with Gasteiger partial charge in [-0.05, 0) is 94.7 Å². The molecule has 0 heterocycles. The van der Waals surface area contributed by atoms with Crippen LogP contribution in [0.25, 0.3) is 0 Å². The maximum atomic E-state index is 4.93. The summed E-state index contributed by atoms with van der Waals surface area (Å²) in [6.07, 6.45) is 18.2. The molecule has 9 atom stereocenters. The second-order valence-corrected chi connectivity index (χ2v) is 24.6. The molecular weight excluding hydrogens is 635 g/mol. The number of fused-ring (bicyclic) bond motifs is 2. The molecule has 4 heteroatoms. The van der Waals surface area contributed by atoms with Crippen LogP contribution in [0, 0.1) is 50.4 Å². The zero-order valence-corrected chi connectivity index (χ0v) is 33.2. The molecule has 0 spiro atoms. The van der Waals surface area contributed by atoms with Crippen molar-refractivity contribution in [2.75, 3.05) is 0 Å². The van der Waals surface area contributed by atoms with Crippen molar-refractivity contribution in [3.8, 4) is 0 Å². The summed E-state index contributed by atoms with van der Waals surface area (Å²) in [4.78, 5) is 0. The zero-order valence-electron chi connectivity index (χ0n) is 28.2. The molecule has 4 fully saturated rings. The van der Waals surface area contributed by atoms with Crippen LogP contribution >= 0.6 is 17.0 Å². The van der Waals surface area contributed by atoms with Crippen LogP contribution in [-0.2, 0) is 26.3 Å². The fraction of sp³-hybridized carbons (Fsp3) is 0.784. The third-order valence-electron chi connectivity index (χ3n) is 12.5. The Morgan fingerprint density at radius 1 is 0.805 bits per heavy atom. The summed E-state index contributed by atoms with van der Waals surface area (Å²) in [5.74, 6) is 7.00. The van der Waals surface area contributed by atoms with Gasteiger partial charge < -0.3 is 14.9 Å². The summed E-state index contributed by atoms with van der Waals surface area (Å²) in [5, 5.41) is 0. The first-order chi connectivity index (χ1) is 18.5. The van der Waals surface area contributed by atoms with Gasteiger partial charge in [0.2, 0.25) is 0 Å². The van der Waals surface area contributed by atoms with E-state index in [1.54, 1.807) is 37.7 Å². The molecule has 4 aliphatic rings. The predicted octanol–water partition coefficient (Wildman–Crippen LogP) is 13.3. The summed E-state index contributed by atoms with van der Waals surface area (Å²) >= 11 is -0.826. The van der Waals surface area contributed by atoms with Crippen molar-refractivity contribution >= 4 is 25.1 Å². The molecule has 5 rings (SSSR count). The molecule has 9 unspecified atom stereocenters. The maximum absolute atomic E-state index is 4.93. The molecule has 0 bridgehead atoms. The molecule has 0 aromatic heterocycles. The molecule has 0 aliphatic heterocycles. The summed E-state index contributed by atoms with van der Waals surface area (Å²) < 4.78 is 0. The molecule has 1 aromatic carbocycles. The summed E-state index contributed by atoms with van der Waals surface area (Å²) in [5.41, 5.74) is 5.62. The van der Waals surface area contributed by atoms with Crippen molar-refractivity contribution in [2.45, 2.75) is 147 Å². The van der Waals surface area contributed by atoms with Gasteiger partial charge in [0.15, 0.2) is 0 Å². The fourth-order valence-electron chi connectivity index (χ4n) is 10.7. The third-order valence-corrected chi connectivity index (χ3v) is 17.7. The average Bonchev–Trinajstić information content (AvgIpc) is 3.52. The summed E-state index contributed by atoms with van der Waals surface area (Å²) in [7, 11) is 8.54. The van der Waals surface area contributed by atoms with Crippen molar-refractivity contribution in [3.63, 3.8) is 0 Å². The van der Waals surface area contributed by atoms with Gasteiger partial charge in [-0.25, -0.2) is 0 Å². The van der Waals surface area contributed by atoms with Gasteiger partial charge in [-0.1, -0.05) is 123 Å². The van der Waals surface area contributed by atoms with Crippen LogP contribution < -0.4 is 0 Å². The van der Waals surface area contributed by atoms with Gasteiger partial charge in [0.05, 0.1) is 8.07 Å². The van der Waals surface area contributed by atoms with Crippen molar-refractivity contribution < 1.29 is 20.8 Å². The Morgan fingerprint density at radius 2 is 1.37 bits per heavy atom. The number of rotatable bonds is 6. The minimum absolute atomic E-state index is 0. The second-order valence-electron chi connectivity index (χ2n) is 15.7.